The average Bonchev–Trinajstić information content (AvgIpc) is 2.83. The molecular formula is C24H14F6N4O. The molecule has 11 heteroatoms. The van der Waals surface area contributed by atoms with E-state index in [1.54, 1.807) is 0 Å². The molecule has 0 saturated heterocycles. The Morgan fingerprint density at radius 3 is 2.14 bits per heavy atom. The summed E-state index contributed by atoms with van der Waals surface area (Å²) in [4.78, 5) is 16.8. The third-order valence-corrected chi connectivity index (χ3v) is 4.96. The van der Waals surface area contributed by atoms with E-state index in [0.717, 1.165) is 24.3 Å². The molecule has 0 aliphatic rings. The summed E-state index contributed by atoms with van der Waals surface area (Å²) in [6, 6.07) is 13.2. The summed E-state index contributed by atoms with van der Waals surface area (Å²) in [7, 11) is 0. The summed E-state index contributed by atoms with van der Waals surface area (Å²) in [5.74, 6) is -0.833. The van der Waals surface area contributed by atoms with E-state index in [9.17, 15) is 31.1 Å². The van der Waals surface area contributed by atoms with Crippen molar-refractivity contribution in [3.63, 3.8) is 0 Å². The second kappa shape index (κ2) is 9.16. The van der Waals surface area contributed by atoms with E-state index >= 15 is 0 Å². The molecule has 0 fully saturated rings. The van der Waals surface area contributed by atoms with Crippen LogP contribution in [0.25, 0.3) is 22.5 Å². The molecule has 4 aromatic rings. The van der Waals surface area contributed by atoms with Gasteiger partial charge in [-0.05, 0) is 48.5 Å². The molecule has 178 valence electrons. The Morgan fingerprint density at radius 2 is 1.46 bits per heavy atom. The van der Waals surface area contributed by atoms with E-state index in [2.05, 4.69) is 20.5 Å². The van der Waals surface area contributed by atoms with Crippen LogP contribution in [-0.2, 0) is 12.4 Å². The molecule has 0 atom stereocenters. The predicted molar refractivity (Wildman–Crippen MR) is 115 cm³/mol. The van der Waals surface area contributed by atoms with Crippen LogP contribution in [0, 0.1) is 0 Å². The fourth-order valence-electron chi connectivity index (χ4n) is 3.47. The lowest BCUT2D eigenvalue weighted by Gasteiger charge is -2.17. The summed E-state index contributed by atoms with van der Waals surface area (Å²) in [5.41, 5.74) is -3.16. The van der Waals surface area contributed by atoms with Gasteiger partial charge in [0.2, 0.25) is 0 Å². The van der Waals surface area contributed by atoms with Crippen molar-refractivity contribution in [2.75, 3.05) is 5.32 Å². The predicted octanol–water partition coefficient (Wildman–Crippen LogP) is 6.50. The van der Waals surface area contributed by atoms with Crippen molar-refractivity contribution in [1.82, 2.24) is 15.2 Å². The molecule has 1 amide bonds. The van der Waals surface area contributed by atoms with Gasteiger partial charge < -0.3 is 5.32 Å². The maximum absolute atomic E-state index is 13.7. The topological polar surface area (TPSA) is 67.8 Å². The van der Waals surface area contributed by atoms with Crippen LogP contribution in [0.5, 0.6) is 0 Å². The van der Waals surface area contributed by atoms with Crippen LogP contribution in [0.2, 0.25) is 0 Å². The highest BCUT2D eigenvalue weighted by atomic mass is 19.4. The first kappa shape index (κ1) is 23.9. The number of hydrogen-bond donors (Lipinski definition) is 1. The number of amides is 1. The Bertz CT molecular complexity index is 1370. The number of nitrogens with one attached hydrogen (secondary N) is 1. The lowest BCUT2D eigenvalue weighted by atomic mass is 10.00. The minimum atomic E-state index is -4.75. The maximum atomic E-state index is 13.7. The van der Waals surface area contributed by atoms with Gasteiger partial charge >= 0.3 is 12.4 Å². The zero-order valence-corrected chi connectivity index (χ0v) is 17.5. The first-order valence-electron chi connectivity index (χ1n) is 9.98. The molecule has 2 aromatic carbocycles. The van der Waals surface area contributed by atoms with E-state index in [4.69, 9.17) is 0 Å². The van der Waals surface area contributed by atoms with Gasteiger partial charge in [-0.1, -0.05) is 18.2 Å². The van der Waals surface area contributed by atoms with Crippen LogP contribution in [0.1, 0.15) is 21.5 Å². The fourth-order valence-corrected chi connectivity index (χ4v) is 3.47. The first-order chi connectivity index (χ1) is 16.6. The molecule has 0 spiro atoms. The minimum Gasteiger partial charge on any atom is -0.321 e. The number of aromatic nitrogens is 3. The van der Waals surface area contributed by atoms with Crippen LogP contribution in [0.4, 0.5) is 32.0 Å². The molecule has 0 aliphatic heterocycles. The largest absolute Gasteiger partial charge is 0.418 e. The van der Waals surface area contributed by atoms with Gasteiger partial charge in [-0.25, -0.2) is 0 Å². The number of nitrogens with zero attached hydrogens (tertiary/aromatic N) is 3. The number of carbonyl (C=O) groups excluding carboxylic acids is 1. The van der Waals surface area contributed by atoms with Crippen molar-refractivity contribution < 1.29 is 31.1 Å². The van der Waals surface area contributed by atoms with E-state index in [0.29, 0.717) is 0 Å². The monoisotopic (exact) mass is 488 g/mol. The smallest absolute Gasteiger partial charge is 0.321 e. The lowest BCUT2D eigenvalue weighted by molar-refractivity contribution is -0.138. The lowest BCUT2D eigenvalue weighted by Crippen LogP contribution is -2.16. The summed E-state index contributed by atoms with van der Waals surface area (Å²) in [5, 5.41) is 9.75. The molecule has 2 heterocycles. The molecule has 35 heavy (non-hydrogen) atoms. The third kappa shape index (κ3) is 5.13. The SMILES string of the molecule is O=C(Nc1cccc(C(F)(F)F)c1-c1cccnn1)c1cccc(-c2ncccc2C(F)(F)F)c1. The highest BCUT2D eigenvalue weighted by molar-refractivity contribution is 6.07. The van der Waals surface area contributed by atoms with Crippen LogP contribution in [0.3, 0.4) is 0 Å². The van der Waals surface area contributed by atoms with Crippen LogP contribution in [0.15, 0.2) is 79.1 Å². The standard InChI is InChI=1S/C24H14F6N4O/c25-23(26,27)16-7-2-9-18(20(16)19-10-4-12-32-34-19)33-22(35)15-6-1-5-14(13-15)21-17(24(28,29)30)8-3-11-31-21/h1-13H,(H,33,35). The number of anilines is 1. The van der Waals surface area contributed by atoms with Crippen LogP contribution >= 0.6 is 0 Å². The molecule has 2 aromatic heterocycles. The van der Waals surface area contributed by atoms with Crippen molar-refractivity contribution >= 4 is 11.6 Å². The zero-order valence-electron chi connectivity index (χ0n) is 17.5. The summed E-state index contributed by atoms with van der Waals surface area (Å²) in [6.45, 7) is 0. The number of pyridine rings is 1. The number of alkyl halides is 6. The average molecular weight is 488 g/mol. The number of rotatable bonds is 4. The van der Waals surface area contributed by atoms with Crippen molar-refractivity contribution in [1.29, 1.82) is 0 Å². The van der Waals surface area contributed by atoms with Crippen LogP contribution < -0.4 is 5.32 Å². The van der Waals surface area contributed by atoms with Gasteiger partial charge in [0, 0.05) is 29.1 Å². The second-order valence-corrected chi connectivity index (χ2v) is 7.27. The minimum absolute atomic E-state index is 0.0174. The number of benzene rings is 2. The van der Waals surface area contributed by atoms with E-state index < -0.39 is 29.4 Å². The maximum Gasteiger partial charge on any atom is 0.418 e. The molecule has 0 radical (unpaired) electrons. The molecule has 5 nitrogen and oxygen atoms in total. The number of hydrogen-bond acceptors (Lipinski definition) is 4. The van der Waals surface area contributed by atoms with E-state index in [-0.39, 0.29) is 33.8 Å². The molecule has 1 N–H and O–H groups in total. The fraction of sp³-hybridized carbons (Fsp3) is 0.0833. The normalized spacial score (nSPS) is 11.8. The Morgan fingerprint density at radius 1 is 0.771 bits per heavy atom. The van der Waals surface area contributed by atoms with Gasteiger partial charge in [-0.3, -0.25) is 9.78 Å². The Kier molecular flexibility index (Phi) is 6.25. The first-order valence-corrected chi connectivity index (χ1v) is 9.98. The van der Waals surface area contributed by atoms with Crippen molar-refractivity contribution in [2.24, 2.45) is 0 Å². The van der Waals surface area contributed by atoms with E-state index in [1.165, 1.54) is 54.9 Å². The zero-order chi connectivity index (χ0) is 25.2. The molecule has 4 rings (SSSR count). The number of carbonyl (C=O) groups is 1. The molecule has 0 unspecified atom stereocenters. The van der Waals surface area contributed by atoms with Gasteiger partial charge in [0.1, 0.15) is 0 Å². The van der Waals surface area contributed by atoms with Crippen molar-refractivity contribution in [3.8, 4) is 22.5 Å². The summed E-state index contributed by atoms with van der Waals surface area (Å²) in [6.07, 6.45) is -6.95. The van der Waals surface area contributed by atoms with Gasteiger partial charge in [-0.2, -0.15) is 36.5 Å². The van der Waals surface area contributed by atoms with Crippen molar-refractivity contribution in [3.05, 3.63) is 95.8 Å². The molecule has 0 saturated carbocycles. The Labute approximate surface area is 194 Å². The van der Waals surface area contributed by atoms with Crippen LogP contribution in [-0.4, -0.2) is 21.1 Å². The third-order valence-electron chi connectivity index (χ3n) is 4.96. The van der Waals surface area contributed by atoms with Crippen molar-refractivity contribution in [2.45, 2.75) is 12.4 Å². The molecule has 0 aliphatic carbocycles. The van der Waals surface area contributed by atoms with Gasteiger partial charge in [0.25, 0.3) is 5.91 Å². The quantitative estimate of drug-likeness (QED) is 0.333. The van der Waals surface area contributed by atoms with Gasteiger partial charge in [0.05, 0.1) is 28.2 Å². The van der Waals surface area contributed by atoms with Gasteiger partial charge in [-0.15, -0.1) is 0 Å². The highest BCUT2D eigenvalue weighted by Crippen LogP contribution is 2.40. The second-order valence-electron chi connectivity index (χ2n) is 7.27. The molecule has 0 bridgehead atoms. The molecular weight excluding hydrogens is 474 g/mol. The Hall–Kier alpha value is -4.28. The highest BCUT2D eigenvalue weighted by Gasteiger charge is 2.36. The summed E-state index contributed by atoms with van der Waals surface area (Å²) >= 11 is 0. The Balaban J connectivity index is 1.74. The van der Waals surface area contributed by atoms with E-state index in [1.807, 2.05) is 0 Å². The summed E-state index contributed by atoms with van der Waals surface area (Å²) < 4.78 is 81.3. The number of halogens is 6. The van der Waals surface area contributed by atoms with Gasteiger partial charge in [0.15, 0.2) is 0 Å².